The lowest BCUT2D eigenvalue weighted by atomic mass is 10.1. The number of piperidine rings is 1. The van der Waals surface area contributed by atoms with E-state index in [0.29, 0.717) is 6.61 Å². The van der Waals surface area contributed by atoms with Crippen molar-refractivity contribution in [1.29, 1.82) is 0 Å². The van der Waals surface area contributed by atoms with Gasteiger partial charge in [-0.25, -0.2) is 0 Å². The highest BCUT2D eigenvalue weighted by atomic mass is 16.5. The molecular weight excluding hydrogens is 246 g/mol. The molecule has 0 saturated carbocycles. The number of hydrogen-bond acceptors (Lipinski definition) is 5. The molecule has 106 valence electrons. The summed E-state index contributed by atoms with van der Waals surface area (Å²) in [5.74, 6) is 0.474. The van der Waals surface area contributed by atoms with Gasteiger partial charge in [0.1, 0.15) is 18.6 Å². The maximum atomic E-state index is 11.6. The van der Waals surface area contributed by atoms with Gasteiger partial charge in [0.2, 0.25) is 11.2 Å². The molecule has 5 nitrogen and oxygen atoms in total. The average Bonchev–Trinajstić information content (AvgIpc) is 2.46. The molecule has 1 aromatic rings. The van der Waals surface area contributed by atoms with E-state index in [4.69, 9.17) is 14.3 Å². The van der Waals surface area contributed by atoms with Crippen molar-refractivity contribution in [1.82, 2.24) is 4.90 Å². The fourth-order valence-electron chi connectivity index (χ4n) is 2.28. The second-order valence-electron chi connectivity index (χ2n) is 4.84. The second kappa shape index (κ2) is 7.31. The first-order chi connectivity index (χ1) is 9.29. The van der Waals surface area contributed by atoms with Crippen molar-refractivity contribution in [2.75, 3.05) is 26.2 Å². The van der Waals surface area contributed by atoms with Gasteiger partial charge < -0.3 is 19.2 Å². The Morgan fingerprint density at radius 2 is 2.11 bits per heavy atom. The minimum absolute atomic E-state index is 0.218. The summed E-state index contributed by atoms with van der Waals surface area (Å²) in [6.07, 6.45) is 6.08. The van der Waals surface area contributed by atoms with Crippen LogP contribution < -0.4 is 10.2 Å². The van der Waals surface area contributed by atoms with Crippen molar-refractivity contribution in [2.24, 2.45) is 0 Å². The van der Waals surface area contributed by atoms with Gasteiger partial charge >= 0.3 is 0 Å². The standard InChI is InChI=1S/C14H21NO4/c16-10-12-9-13(17)14(11-19-12)18-8-4-7-15-5-2-1-3-6-15/h9,11,16H,1-8,10H2. The Kier molecular flexibility index (Phi) is 5.42. The van der Waals surface area contributed by atoms with Crippen LogP contribution in [0.5, 0.6) is 5.75 Å². The van der Waals surface area contributed by atoms with E-state index in [1.54, 1.807) is 0 Å². The Labute approximate surface area is 112 Å². The van der Waals surface area contributed by atoms with E-state index >= 15 is 0 Å². The number of rotatable bonds is 6. The van der Waals surface area contributed by atoms with Gasteiger partial charge in [-0.2, -0.15) is 0 Å². The summed E-state index contributed by atoms with van der Waals surface area (Å²) in [4.78, 5) is 14.0. The van der Waals surface area contributed by atoms with Gasteiger partial charge in [0.25, 0.3) is 0 Å². The molecular formula is C14H21NO4. The smallest absolute Gasteiger partial charge is 0.227 e. The molecule has 1 fully saturated rings. The minimum atomic E-state index is -0.273. The number of aliphatic hydroxyl groups is 1. The summed E-state index contributed by atoms with van der Waals surface area (Å²) in [6.45, 7) is 3.60. The fourth-order valence-corrected chi connectivity index (χ4v) is 2.28. The molecule has 5 heteroatoms. The minimum Gasteiger partial charge on any atom is -0.487 e. The molecule has 0 radical (unpaired) electrons. The number of aliphatic hydroxyl groups excluding tert-OH is 1. The van der Waals surface area contributed by atoms with E-state index in [2.05, 4.69) is 4.90 Å². The highest BCUT2D eigenvalue weighted by molar-refractivity contribution is 5.17. The highest BCUT2D eigenvalue weighted by Crippen LogP contribution is 2.09. The topological polar surface area (TPSA) is 62.9 Å². The summed E-state index contributed by atoms with van der Waals surface area (Å²) in [7, 11) is 0. The SMILES string of the molecule is O=c1cc(CO)occ1OCCCN1CCCCC1. The monoisotopic (exact) mass is 267 g/mol. The summed E-state index contributed by atoms with van der Waals surface area (Å²) < 4.78 is 10.5. The van der Waals surface area contributed by atoms with Gasteiger partial charge in [-0.15, -0.1) is 0 Å². The van der Waals surface area contributed by atoms with E-state index in [1.807, 2.05) is 0 Å². The lowest BCUT2D eigenvalue weighted by Crippen LogP contribution is -2.31. The Morgan fingerprint density at radius 1 is 1.32 bits per heavy atom. The second-order valence-corrected chi connectivity index (χ2v) is 4.84. The van der Waals surface area contributed by atoms with Crippen LogP contribution in [-0.2, 0) is 6.61 Å². The Balaban J connectivity index is 1.71. The predicted octanol–water partition coefficient (Wildman–Crippen LogP) is 1.39. The molecule has 0 bridgehead atoms. The zero-order chi connectivity index (χ0) is 13.5. The molecule has 1 saturated heterocycles. The normalized spacial score (nSPS) is 16.5. The van der Waals surface area contributed by atoms with Crippen LogP contribution in [0.2, 0.25) is 0 Å². The quantitative estimate of drug-likeness (QED) is 0.789. The van der Waals surface area contributed by atoms with Gasteiger partial charge in [0.05, 0.1) is 6.61 Å². The van der Waals surface area contributed by atoms with Crippen molar-refractivity contribution in [3.05, 3.63) is 28.3 Å². The molecule has 0 amide bonds. The summed E-state index contributed by atoms with van der Waals surface area (Å²) >= 11 is 0. The summed E-state index contributed by atoms with van der Waals surface area (Å²) in [5, 5.41) is 8.83. The van der Waals surface area contributed by atoms with Gasteiger partial charge in [-0.3, -0.25) is 4.79 Å². The van der Waals surface area contributed by atoms with E-state index in [-0.39, 0.29) is 23.5 Å². The average molecular weight is 267 g/mol. The first-order valence-electron chi connectivity index (χ1n) is 6.87. The molecule has 0 spiro atoms. The van der Waals surface area contributed by atoms with Crippen molar-refractivity contribution in [2.45, 2.75) is 32.3 Å². The zero-order valence-electron chi connectivity index (χ0n) is 11.1. The third kappa shape index (κ3) is 4.36. The van der Waals surface area contributed by atoms with Crippen LogP contribution in [0.15, 0.2) is 21.5 Å². The number of likely N-dealkylation sites (tertiary alicyclic amines) is 1. The first kappa shape index (κ1) is 14.1. The molecule has 0 aliphatic carbocycles. The maximum Gasteiger partial charge on any atom is 0.227 e. The number of nitrogens with zero attached hydrogens (tertiary/aromatic N) is 1. The van der Waals surface area contributed by atoms with Crippen LogP contribution in [0.3, 0.4) is 0 Å². The van der Waals surface area contributed by atoms with Crippen LogP contribution in [0.25, 0.3) is 0 Å². The van der Waals surface area contributed by atoms with Gasteiger partial charge in [-0.1, -0.05) is 6.42 Å². The molecule has 1 aromatic heterocycles. The van der Waals surface area contributed by atoms with Crippen molar-refractivity contribution >= 4 is 0 Å². The van der Waals surface area contributed by atoms with Crippen LogP contribution in [0.4, 0.5) is 0 Å². The van der Waals surface area contributed by atoms with E-state index < -0.39 is 0 Å². The van der Waals surface area contributed by atoms with Crippen LogP contribution in [0.1, 0.15) is 31.4 Å². The largest absolute Gasteiger partial charge is 0.487 e. The molecule has 1 N–H and O–H groups in total. The summed E-state index contributed by atoms with van der Waals surface area (Å²) in [5.41, 5.74) is -0.242. The van der Waals surface area contributed by atoms with Crippen molar-refractivity contribution in [3.63, 3.8) is 0 Å². The first-order valence-corrected chi connectivity index (χ1v) is 6.87. The van der Waals surface area contributed by atoms with E-state index in [0.717, 1.165) is 13.0 Å². The predicted molar refractivity (Wildman–Crippen MR) is 71.3 cm³/mol. The third-order valence-electron chi connectivity index (χ3n) is 3.33. The molecule has 0 atom stereocenters. The lowest BCUT2D eigenvalue weighted by molar-refractivity contribution is 0.201. The molecule has 1 aliphatic heterocycles. The highest BCUT2D eigenvalue weighted by Gasteiger charge is 2.09. The molecule has 0 unspecified atom stereocenters. The van der Waals surface area contributed by atoms with Gasteiger partial charge in [0, 0.05) is 12.6 Å². The Hall–Kier alpha value is -1.33. The summed E-state index contributed by atoms with van der Waals surface area (Å²) in [6, 6.07) is 1.26. The molecule has 1 aliphatic rings. The Bertz CT molecular complexity index is 437. The molecule has 2 heterocycles. The van der Waals surface area contributed by atoms with Crippen molar-refractivity contribution < 1.29 is 14.3 Å². The molecule has 0 aromatic carbocycles. The molecule has 19 heavy (non-hydrogen) atoms. The zero-order valence-corrected chi connectivity index (χ0v) is 11.1. The number of hydrogen-bond donors (Lipinski definition) is 1. The van der Waals surface area contributed by atoms with Crippen molar-refractivity contribution in [3.8, 4) is 5.75 Å². The van der Waals surface area contributed by atoms with Crippen LogP contribution in [-0.4, -0.2) is 36.2 Å². The van der Waals surface area contributed by atoms with E-state index in [1.165, 1.54) is 44.7 Å². The molecule has 2 rings (SSSR count). The third-order valence-corrected chi connectivity index (χ3v) is 3.33. The van der Waals surface area contributed by atoms with E-state index in [9.17, 15) is 4.79 Å². The maximum absolute atomic E-state index is 11.6. The van der Waals surface area contributed by atoms with Gasteiger partial charge in [-0.05, 0) is 32.4 Å². The van der Waals surface area contributed by atoms with Crippen LogP contribution in [0, 0.1) is 0 Å². The Morgan fingerprint density at radius 3 is 2.79 bits per heavy atom. The van der Waals surface area contributed by atoms with Gasteiger partial charge in [0.15, 0.2) is 0 Å². The number of ether oxygens (including phenoxy) is 1. The fraction of sp³-hybridized carbons (Fsp3) is 0.643. The lowest BCUT2D eigenvalue weighted by Gasteiger charge is -2.26. The van der Waals surface area contributed by atoms with Crippen LogP contribution >= 0.6 is 0 Å².